The summed E-state index contributed by atoms with van der Waals surface area (Å²) in [7, 11) is 0. The number of halogens is 3. The number of anilines is 1. The predicted octanol–water partition coefficient (Wildman–Crippen LogP) is 4.70. The van der Waals surface area contributed by atoms with Crippen LogP contribution in [0, 0.1) is 0 Å². The summed E-state index contributed by atoms with van der Waals surface area (Å²) in [6, 6.07) is 11.6. The molecule has 0 bridgehead atoms. The molecule has 9 heteroatoms. The Labute approximate surface area is 165 Å². The molecule has 1 aromatic heterocycles. The molecule has 0 aliphatic carbocycles. The van der Waals surface area contributed by atoms with Crippen LogP contribution < -0.4 is 10.1 Å². The lowest BCUT2D eigenvalue weighted by Crippen LogP contribution is -2.07. The van der Waals surface area contributed by atoms with Crippen LogP contribution in [0.1, 0.15) is 26.3 Å². The lowest BCUT2D eigenvalue weighted by molar-refractivity contribution is -0.137. The number of nitrogens with one attached hydrogen (secondary N) is 1. The maximum absolute atomic E-state index is 13.1. The topological polar surface area (TPSA) is 69.0 Å². The Hall–Kier alpha value is -3.36. The molecule has 0 unspecified atom stereocenters. The van der Waals surface area contributed by atoms with E-state index in [1.807, 2.05) is 0 Å². The van der Waals surface area contributed by atoms with Crippen LogP contribution in [-0.4, -0.2) is 26.8 Å². The van der Waals surface area contributed by atoms with Crippen molar-refractivity contribution in [1.29, 1.82) is 0 Å². The third-order valence-corrected chi connectivity index (χ3v) is 3.81. The van der Waals surface area contributed by atoms with E-state index in [0.29, 0.717) is 11.4 Å². The molecular weight excluding hydrogens is 385 g/mol. The van der Waals surface area contributed by atoms with E-state index in [-0.39, 0.29) is 29.4 Å². The summed E-state index contributed by atoms with van der Waals surface area (Å²) in [5, 5.41) is 6.95. The van der Waals surface area contributed by atoms with Gasteiger partial charge < -0.3 is 10.1 Å². The highest BCUT2D eigenvalue weighted by Gasteiger charge is 2.31. The van der Waals surface area contributed by atoms with Crippen molar-refractivity contribution < 1.29 is 22.7 Å². The average Bonchev–Trinajstić information content (AvgIpc) is 3.04. The number of carbonyl (C=O) groups is 1. The Bertz CT molecular complexity index is 1010. The standard InChI is InChI=1S/C20H19F3N4O2/c1-12(2)29-19-25-18(14-5-4-6-15(11-14)20(21,22)23)27(26-19)17-9-7-16(8-10-17)24-13(3)28/h4-12H,1-3H3,(H,24,28). The molecule has 152 valence electrons. The first-order valence-electron chi connectivity index (χ1n) is 8.83. The lowest BCUT2D eigenvalue weighted by Gasteiger charge is -2.10. The van der Waals surface area contributed by atoms with Gasteiger partial charge in [-0.25, -0.2) is 4.68 Å². The Morgan fingerprint density at radius 3 is 2.41 bits per heavy atom. The van der Waals surface area contributed by atoms with E-state index in [1.54, 1.807) is 38.1 Å². The Kier molecular flexibility index (Phi) is 5.58. The van der Waals surface area contributed by atoms with Crippen molar-refractivity contribution in [3.05, 3.63) is 54.1 Å². The van der Waals surface area contributed by atoms with Crippen LogP contribution in [0.5, 0.6) is 6.01 Å². The van der Waals surface area contributed by atoms with Crippen LogP contribution in [-0.2, 0) is 11.0 Å². The van der Waals surface area contributed by atoms with Crippen molar-refractivity contribution in [2.75, 3.05) is 5.32 Å². The van der Waals surface area contributed by atoms with Crippen LogP contribution in [0.25, 0.3) is 17.1 Å². The molecule has 0 spiro atoms. The third-order valence-electron chi connectivity index (χ3n) is 3.81. The number of ether oxygens (including phenoxy) is 1. The van der Waals surface area contributed by atoms with Crippen LogP contribution in [0.2, 0.25) is 0 Å². The number of nitrogens with zero attached hydrogens (tertiary/aromatic N) is 3. The van der Waals surface area contributed by atoms with Gasteiger partial charge in [0, 0.05) is 18.2 Å². The largest absolute Gasteiger partial charge is 0.460 e. The van der Waals surface area contributed by atoms with Crippen molar-refractivity contribution >= 4 is 11.6 Å². The van der Waals surface area contributed by atoms with Crippen LogP contribution in [0.15, 0.2) is 48.5 Å². The summed E-state index contributed by atoms with van der Waals surface area (Å²) >= 11 is 0. The molecule has 29 heavy (non-hydrogen) atoms. The van der Waals surface area contributed by atoms with Gasteiger partial charge in [-0.2, -0.15) is 18.2 Å². The molecular formula is C20H19F3N4O2. The lowest BCUT2D eigenvalue weighted by atomic mass is 10.1. The summed E-state index contributed by atoms with van der Waals surface area (Å²) in [6.45, 7) is 4.99. The molecule has 3 aromatic rings. The molecule has 0 fully saturated rings. The van der Waals surface area contributed by atoms with Gasteiger partial charge in [-0.15, -0.1) is 5.10 Å². The van der Waals surface area contributed by atoms with E-state index in [9.17, 15) is 18.0 Å². The minimum Gasteiger partial charge on any atom is -0.460 e. The van der Waals surface area contributed by atoms with Crippen molar-refractivity contribution in [2.45, 2.75) is 33.1 Å². The molecule has 6 nitrogen and oxygen atoms in total. The van der Waals surface area contributed by atoms with E-state index in [4.69, 9.17) is 4.74 Å². The van der Waals surface area contributed by atoms with Gasteiger partial charge in [0.05, 0.1) is 17.4 Å². The fourth-order valence-electron chi connectivity index (χ4n) is 2.64. The maximum atomic E-state index is 13.1. The molecule has 0 aliphatic rings. The molecule has 2 aromatic carbocycles. The van der Waals surface area contributed by atoms with E-state index in [1.165, 1.54) is 23.7 Å². The fraction of sp³-hybridized carbons (Fsp3) is 0.250. The highest BCUT2D eigenvalue weighted by molar-refractivity contribution is 5.88. The number of carbonyl (C=O) groups excluding carboxylic acids is 1. The van der Waals surface area contributed by atoms with Gasteiger partial charge in [0.15, 0.2) is 5.82 Å². The molecule has 1 N–H and O–H groups in total. The van der Waals surface area contributed by atoms with Crippen molar-refractivity contribution in [2.24, 2.45) is 0 Å². The van der Waals surface area contributed by atoms with Crippen LogP contribution >= 0.6 is 0 Å². The summed E-state index contributed by atoms with van der Waals surface area (Å²) in [4.78, 5) is 15.5. The average molecular weight is 404 g/mol. The summed E-state index contributed by atoms with van der Waals surface area (Å²) < 4.78 is 46.3. The van der Waals surface area contributed by atoms with Gasteiger partial charge in [-0.3, -0.25) is 4.79 Å². The zero-order chi connectivity index (χ0) is 21.2. The second kappa shape index (κ2) is 7.94. The number of amides is 1. The van der Waals surface area contributed by atoms with Crippen molar-refractivity contribution in [1.82, 2.24) is 14.8 Å². The highest BCUT2D eigenvalue weighted by atomic mass is 19.4. The summed E-state index contributed by atoms with van der Waals surface area (Å²) in [5.74, 6) is -0.00481. The summed E-state index contributed by atoms with van der Waals surface area (Å²) in [5.41, 5.74) is 0.604. The molecule has 1 heterocycles. The SMILES string of the molecule is CC(=O)Nc1ccc(-n2nc(OC(C)C)nc2-c2cccc(C(F)(F)F)c2)cc1. The van der Waals surface area contributed by atoms with E-state index in [0.717, 1.165) is 12.1 Å². The van der Waals surface area contributed by atoms with Crippen LogP contribution in [0.4, 0.5) is 18.9 Å². The quantitative estimate of drug-likeness (QED) is 0.669. The number of hydrogen-bond donors (Lipinski definition) is 1. The Morgan fingerprint density at radius 1 is 1.14 bits per heavy atom. The molecule has 0 saturated heterocycles. The van der Waals surface area contributed by atoms with E-state index < -0.39 is 11.7 Å². The van der Waals surface area contributed by atoms with Gasteiger partial charge in [0.1, 0.15) is 0 Å². The zero-order valence-corrected chi connectivity index (χ0v) is 16.0. The molecule has 1 amide bonds. The molecule has 0 aliphatic heterocycles. The van der Waals surface area contributed by atoms with Gasteiger partial charge >= 0.3 is 12.2 Å². The van der Waals surface area contributed by atoms with Crippen LogP contribution in [0.3, 0.4) is 0 Å². The number of rotatable bonds is 5. The number of alkyl halides is 3. The van der Waals surface area contributed by atoms with E-state index in [2.05, 4.69) is 15.4 Å². The van der Waals surface area contributed by atoms with E-state index >= 15 is 0 Å². The Balaban J connectivity index is 2.07. The normalized spacial score (nSPS) is 11.6. The Morgan fingerprint density at radius 2 is 1.83 bits per heavy atom. The van der Waals surface area contributed by atoms with Gasteiger partial charge in [0.2, 0.25) is 5.91 Å². The molecule has 0 atom stereocenters. The monoisotopic (exact) mass is 404 g/mol. The van der Waals surface area contributed by atoms with Gasteiger partial charge in [-0.05, 0) is 50.2 Å². The first-order valence-corrected chi connectivity index (χ1v) is 8.83. The predicted molar refractivity (Wildman–Crippen MR) is 102 cm³/mol. The minimum atomic E-state index is -4.47. The van der Waals surface area contributed by atoms with Crippen molar-refractivity contribution in [3.63, 3.8) is 0 Å². The first kappa shape index (κ1) is 20.4. The van der Waals surface area contributed by atoms with Gasteiger partial charge in [0.25, 0.3) is 0 Å². The second-order valence-electron chi connectivity index (χ2n) is 6.60. The smallest absolute Gasteiger partial charge is 0.416 e. The maximum Gasteiger partial charge on any atom is 0.416 e. The van der Waals surface area contributed by atoms with Crippen molar-refractivity contribution in [3.8, 4) is 23.1 Å². The van der Waals surface area contributed by atoms with Gasteiger partial charge in [-0.1, -0.05) is 12.1 Å². The molecule has 0 saturated carbocycles. The third kappa shape index (κ3) is 4.92. The second-order valence-corrected chi connectivity index (χ2v) is 6.60. The number of benzene rings is 2. The highest BCUT2D eigenvalue weighted by Crippen LogP contribution is 2.33. The first-order chi connectivity index (χ1) is 13.6. The zero-order valence-electron chi connectivity index (χ0n) is 16.0. The molecule has 3 rings (SSSR count). The molecule has 0 radical (unpaired) electrons. The summed E-state index contributed by atoms with van der Waals surface area (Å²) in [6.07, 6.45) is -4.68. The minimum absolute atomic E-state index is 0.0540. The number of aromatic nitrogens is 3. The fourth-order valence-corrected chi connectivity index (χ4v) is 2.64. The number of hydrogen-bond acceptors (Lipinski definition) is 4.